The average Bonchev–Trinajstić information content (AvgIpc) is 2.51. The van der Waals surface area contributed by atoms with E-state index >= 15 is 0 Å². The lowest BCUT2D eigenvalue weighted by Gasteiger charge is -2.39. The zero-order valence-corrected chi connectivity index (χ0v) is 12.9. The maximum atomic E-state index is 13.3. The van der Waals surface area contributed by atoms with Crippen LogP contribution in [-0.4, -0.2) is 23.1 Å². The third kappa shape index (κ3) is 3.21. The largest absolute Gasteiger partial charge is 0.385 e. The Morgan fingerprint density at radius 1 is 1.09 bits per heavy atom. The maximum absolute atomic E-state index is 13.3. The molecule has 22 heavy (non-hydrogen) atoms. The monoisotopic (exact) mass is 299 g/mol. The average molecular weight is 299 g/mol. The first-order chi connectivity index (χ1) is 10.6. The Morgan fingerprint density at radius 3 is 2.41 bits per heavy atom. The van der Waals surface area contributed by atoms with Gasteiger partial charge in [0, 0.05) is 19.6 Å². The molecule has 0 unspecified atom stereocenters. The van der Waals surface area contributed by atoms with Crippen LogP contribution < -0.4 is 0 Å². The Bertz CT molecular complexity index is 633. The number of hydrogen-bond donors (Lipinski definition) is 1. The molecule has 2 aromatic rings. The molecule has 2 aromatic carbocycles. The smallest absolute Gasteiger partial charge is 0.123 e. The molecular weight excluding hydrogens is 277 g/mol. The Labute approximate surface area is 131 Å². The van der Waals surface area contributed by atoms with E-state index in [0.29, 0.717) is 12.8 Å². The van der Waals surface area contributed by atoms with Crippen molar-refractivity contribution in [3.8, 4) is 0 Å². The lowest BCUT2D eigenvalue weighted by atomic mass is 9.82. The molecule has 1 heterocycles. The molecule has 0 aliphatic carbocycles. The van der Waals surface area contributed by atoms with Gasteiger partial charge in [0.05, 0.1) is 5.60 Å². The van der Waals surface area contributed by atoms with Crippen LogP contribution in [0.15, 0.2) is 48.5 Å². The van der Waals surface area contributed by atoms with Gasteiger partial charge in [-0.25, -0.2) is 4.39 Å². The second kappa shape index (κ2) is 6.19. The lowest BCUT2D eigenvalue weighted by molar-refractivity contribution is -0.0282. The third-order valence-corrected chi connectivity index (χ3v) is 4.62. The van der Waals surface area contributed by atoms with Crippen molar-refractivity contribution in [2.75, 3.05) is 13.1 Å². The van der Waals surface area contributed by atoms with Crippen LogP contribution in [0.5, 0.6) is 0 Å². The minimum atomic E-state index is -0.828. The van der Waals surface area contributed by atoms with E-state index in [1.54, 1.807) is 6.07 Å². The molecule has 0 bridgehead atoms. The number of aryl methyl sites for hydroxylation is 1. The highest BCUT2D eigenvalue weighted by molar-refractivity contribution is 5.32. The molecule has 1 aliphatic rings. The van der Waals surface area contributed by atoms with Crippen LogP contribution in [-0.2, 0) is 12.1 Å². The van der Waals surface area contributed by atoms with Crippen molar-refractivity contribution in [1.29, 1.82) is 0 Å². The number of benzene rings is 2. The fraction of sp³-hybridized carbons (Fsp3) is 0.368. The lowest BCUT2D eigenvalue weighted by Crippen LogP contribution is -2.42. The molecule has 116 valence electrons. The second-order valence-electron chi connectivity index (χ2n) is 6.25. The van der Waals surface area contributed by atoms with Gasteiger partial charge in [-0.1, -0.05) is 36.4 Å². The van der Waals surface area contributed by atoms with Crippen LogP contribution in [0.4, 0.5) is 4.39 Å². The van der Waals surface area contributed by atoms with Crippen LogP contribution in [0.3, 0.4) is 0 Å². The Morgan fingerprint density at radius 2 is 1.77 bits per heavy atom. The number of nitrogens with zero attached hydrogens (tertiary/aromatic N) is 1. The summed E-state index contributed by atoms with van der Waals surface area (Å²) in [5.41, 5.74) is 2.17. The molecule has 0 aromatic heterocycles. The number of rotatable bonds is 3. The van der Waals surface area contributed by atoms with E-state index in [0.717, 1.165) is 30.8 Å². The van der Waals surface area contributed by atoms with Gasteiger partial charge in [0.2, 0.25) is 0 Å². The standard InChI is InChI=1S/C19H22FNO/c1-15-13-17(20)7-8-18(15)19(22)9-11-21(12-10-19)14-16-5-3-2-4-6-16/h2-8,13,22H,9-12,14H2,1H3. The van der Waals surface area contributed by atoms with Gasteiger partial charge < -0.3 is 5.11 Å². The summed E-state index contributed by atoms with van der Waals surface area (Å²) in [5.74, 6) is -0.244. The van der Waals surface area contributed by atoms with Crippen molar-refractivity contribution in [2.45, 2.75) is 31.9 Å². The number of aliphatic hydroxyl groups is 1. The molecule has 3 rings (SSSR count). The zero-order chi connectivity index (χ0) is 15.6. The molecule has 2 nitrogen and oxygen atoms in total. The Hall–Kier alpha value is -1.71. The minimum Gasteiger partial charge on any atom is -0.385 e. The molecule has 1 saturated heterocycles. The number of piperidine rings is 1. The fourth-order valence-electron chi connectivity index (χ4n) is 3.34. The van der Waals surface area contributed by atoms with Gasteiger partial charge in [-0.15, -0.1) is 0 Å². The zero-order valence-electron chi connectivity index (χ0n) is 12.9. The SMILES string of the molecule is Cc1cc(F)ccc1C1(O)CCN(Cc2ccccc2)CC1. The first kappa shape index (κ1) is 15.2. The number of likely N-dealkylation sites (tertiary alicyclic amines) is 1. The van der Waals surface area contributed by atoms with Gasteiger partial charge >= 0.3 is 0 Å². The normalized spacial score (nSPS) is 18.3. The van der Waals surface area contributed by atoms with Crippen molar-refractivity contribution in [2.24, 2.45) is 0 Å². The van der Waals surface area contributed by atoms with Crippen LogP contribution in [0.25, 0.3) is 0 Å². The van der Waals surface area contributed by atoms with Crippen LogP contribution in [0.2, 0.25) is 0 Å². The van der Waals surface area contributed by atoms with Crippen LogP contribution >= 0.6 is 0 Å². The van der Waals surface area contributed by atoms with Crippen LogP contribution in [0, 0.1) is 12.7 Å². The molecule has 0 atom stereocenters. The molecular formula is C19H22FNO. The quantitative estimate of drug-likeness (QED) is 0.935. The molecule has 0 amide bonds. The maximum Gasteiger partial charge on any atom is 0.123 e. The first-order valence-corrected chi connectivity index (χ1v) is 7.82. The number of hydrogen-bond acceptors (Lipinski definition) is 2. The highest BCUT2D eigenvalue weighted by atomic mass is 19.1. The van der Waals surface area contributed by atoms with E-state index in [9.17, 15) is 9.50 Å². The van der Waals surface area contributed by atoms with E-state index in [1.165, 1.54) is 17.7 Å². The summed E-state index contributed by atoms with van der Waals surface area (Å²) in [5, 5.41) is 10.9. The summed E-state index contributed by atoms with van der Waals surface area (Å²) < 4.78 is 13.3. The fourth-order valence-corrected chi connectivity index (χ4v) is 3.34. The van der Waals surface area contributed by atoms with Crippen molar-refractivity contribution in [3.63, 3.8) is 0 Å². The summed E-state index contributed by atoms with van der Waals surface area (Å²) in [6.07, 6.45) is 1.37. The van der Waals surface area contributed by atoms with E-state index in [-0.39, 0.29) is 5.82 Å². The number of halogens is 1. The third-order valence-electron chi connectivity index (χ3n) is 4.62. The minimum absolute atomic E-state index is 0.244. The van der Waals surface area contributed by atoms with Crippen molar-refractivity contribution in [1.82, 2.24) is 4.90 Å². The molecule has 1 fully saturated rings. The summed E-state index contributed by atoms with van der Waals surface area (Å²) in [6.45, 7) is 4.48. The van der Waals surface area contributed by atoms with Gasteiger partial charge in [-0.3, -0.25) is 4.90 Å². The molecule has 0 saturated carbocycles. The van der Waals surface area contributed by atoms with E-state index in [4.69, 9.17) is 0 Å². The Balaban J connectivity index is 1.67. The van der Waals surface area contributed by atoms with Gasteiger partial charge in [-0.2, -0.15) is 0 Å². The predicted octanol–water partition coefficient (Wildman–Crippen LogP) is 3.62. The van der Waals surface area contributed by atoms with Crippen molar-refractivity contribution in [3.05, 3.63) is 71.0 Å². The van der Waals surface area contributed by atoms with Gasteiger partial charge in [0.1, 0.15) is 5.82 Å². The first-order valence-electron chi connectivity index (χ1n) is 7.82. The molecule has 0 spiro atoms. The molecule has 0 radical (unpaired) electrons. The van der Waals surface area contributed by atoms with E-state index in [1.807, 2.05) is 13.0 Å². The highest BCUT2D eigenvalue weighted by Gasteiger charge is 2.34. The second-order valence-corrected chi connectivity index (χ2v) is 6.25. The Kier molecular flexibility index (Phi) is 4.27. The van der Waals surface area contributed by atoms with Gasteiger partial charge in [0.15, 0.2) is 0 Å². The van der Waals surface area contributed by atoms with Crippen molar-refractivity contribution < 1.29 is 9.50 Å². The van der Waals surface area contributed by atoms with Gasteiger partial charge in [0.25, 0.3) is 0 Å². The summed E-state index contributed by atoms with van der Waals surface area (Å²) >= 11 is 0. The molecule has 1 aliphatic heterocycles. The van der Waals surface area contributed by atoms with E-state index < -0.39 is 5.60 Å². The van der Waals surface area contributed by atoms with Gasteiger partial charge in [-0.05, 0) is 48.6 Å². The summed E-state index contributed by atoms with van der Waals surface area (Å²) in [7, 11) is 0. The highest BCUT2D eigenvalue weighted by Crippen LogP contribution is 2.35. The topological polar surface area (TPSA) is 23.5 Å². The predicted molar refractivity (Wildman–Crippen MR) is 86.0 cm³/mol. The van der Waals surface area contributed by atoms with E-state index in [2.05, 4.69) is 29.2 Å². The molecule has 3 heteroatoms. The molecule has 1 N–H and O–H groups in total. The summed E-state index contributed by atoms with van der Waals surface area (Å²) in [4.78, 5) is 2.36. The van der Waals surface area contributed by atoms with Crippen LogP contribution in [0.1, 0.15) is 29.5 Å². The van der Waals surface area contributed by atoms with Crippen molar-refractivity contribution >= 4 is 0 Å². The summed E-state index contributed by atoms with van der Waals surface area (Å²) in [6, 6.07) is 15.1.